The Morgan fingerprint density at radius 1 is 1.25 bits per heavy atom. The summed E-state index contributed by atoms with van der Waals surface area (Å²) in [6.07, 6.45) is 13.7. The quantitative estimate of drug-likeness (QED) is 0.699. The van der Waals surface area contributed by atoms with Crippen LogP contribution in [0.2, 0.25) is 0 Å². The molecule has 0 radical (unpaired) electrons. The van der Waals surface area contributed by atoms with Gasteiger partial charge in [-0.25, -0.2) is 4.79 Å². The molecule has 1 atom stereocenters. The summed E-state index contributed by atoms with van der Waals surface area (Å²) in [7, 11) is 1.75. The number of allylic oxidation sites excluding steroid dienone is 3. The fraction of sp³-hybridized carbons (Fsp3) is 0.652. The molecular weight excluding hydrogens is 352 g/mol. The van der Waals surface area contributed by atoms with Gasteiger partial charge in [-0.2, -0.15) is 0 Å². The van der Waals surface area contributed by atoms with Crippen LogP contribution in [0.1, 0.15) is 64.7 Å². The molecule has 0 aromatic heterocycles. The maximum Gasteiger partial charge on any atom is 0.322 e. The molecule has 28 heavy (non-hydrogen) atoms. The number of carbonyl (C=O) groups is 2. The highest BCUT2D eigenvalue weighted by Crippen LogP contribution is 2.60. The van der Waals surface area contributed by atoms with Gasteiger partial charge in [0.05, 0.1) is 6.10 Å². The first-order valence-corrected chi connectivity index (χ1v) is 10.7. The smallest absolute Gasteiger partial charge is 0.322 e. The molecule has 4 fully saturated rings. The summed E-state index contributed by atoms with van der Waals surface area (Å²) >= 11 is 0. The van der Waals surface area contributed by atoms with E-state index in [1.807, 2.05) is 0 Å². The number of methoxy groups -OCH3 is 1. The lowest BCUT2D eigenvalue weighted by molar-refractivity contribution is -0.128. The zero-order valence-electron chi connectivity index (χ0n) is 17.1. The van der Waals surface area contributed by atoms with Crippen LogP contribution in [-0.2, 0) is 9.53 Å². The minimum absolute atomic E-state index is 0.212. The summed E-state index contributed by atoms with van der Waals surface area (Å²) < 4.78 is 5.55. The summed E-state index contributed by atoms with van der Waals surface area (Å²) in [4.78, 5) is 25.5. The van der Waals surface area contributed by atoms with Gasteiger partial charge in [0.25, 0.3) is 5.91 Å². The van der Waals surface area contributed by atoms with Crippen molar-refractivity contribution in [3.63, 3.8) is 0 Å². The molecule has 0 aromatic carbocycles. The standard InChI is InChI=1S/C23H32N2O3/c1-4-16(5-6-17-7-8-17)13-19-15(2)14-22(11-9-18(28-3)10-12-22)23(19)20(26)24-21(27)25-23/h4,13,17-18H,2,5-12,14H2,1,3H3,(H2,24,25,26,27)/b16-4-,19-13+. The lowest BCUT2D eigenvalue weighted by Crippen LogP contribution is -2.59. The molecule has 3 aliphatic carbocycles. The van der Waals surface area contributed by atoms with E-state index in [0.29, 0.717) is 0 Å². The lowest BCUT2D eigenvalue weighted by atomic mass is 9.61. The minimum atomic E-state index is -0.992. The molecule has 0 bridgehead atoms. The summed E-state index contributed by atoms with van der Waals surface area (Å²) in [5.41, 5.74) is 1.83. The van der Waals surface area contributed by atoms with Crippen molar-refractivity contribution in [2.24, 2.45) is 11.3 Å². The van der Waals surface area contributed by atoms with Crippen molar-refractivity contribution in [2.75, 3.05) is 7.11 Å². The van der Waals surface area contributed by atoms with Crippen molar-refractivity contribution < 1.29 is 14.3 Å². The van der Waals surface area contributed by atoms with Gasteiger partial charge in [0, 0.05) is 12.5 Å². The van der Waals surface area contributed by atoms with Crippen LogP contribution in [0.3, 0.4) is 0 Å². The molecule has 1 aliphatic heterocycles. The summed E-state index contributed by atoms with van der Waals surface area (Å²) in [5.74, 6) is 0.648. The van der Waals surface area contributed by atoms with Crippen LogP contribution < -0.4 is 10.6 Å². The summed E-state index contributed by atoms with van der Waals surface area (Å²) in [6, 6.07) is -0.390. The van der Waals surface area contributed by atoms with Gasteiger partial charge in [0.15, 0.2) is 5.54 Å². The van der Waals surface area contributed by atoms with Crippen molar-refractivity contribution in [3.8, 4) is 0 Å². The monoisotopic (exact) mass is 384 g/mol. The van der Waals surface area contributed by atoms with Crippen molar-refractivity contribution in [1.82, 2.24) is 10.6 Å². The third-order valence-electron chi connectivity index (χ3n) is 7.46. The van der Waals surface area contributed by atoms with Crippen molar-refractivity contribution >= 4 is 11.9 Å². The van der Waals surface area contributed by atoms with E-state index in [9.17, 15) is 9.59 Å². The average Bonchev–Trinajstić information content (AvgIpc) is 3.42. The topological polar surface area (TPSA) is 67.4 Å². The van der Waals surface area contributed by atoms with E-state index < -0.39 is 5.54 Å². The first kappa shape index (κ1) is 19.4. The van der Waals surface area contributed by atoms with E-state index >= 15 is 0 Å². The van der Waals surface area contributed by atoms with Crippen LogP contribution in [0, 0.1) is 11.3 Å². The van der Waals surface area contributed by atoms with Gasteiger partial charge in [0.1, 0.15) is 0 Å². The molecular formula is C23H32N2O3. The zero-order valence-corrected chi connectivity index (χ0v) is 17.1. The van der Waals surface area contributed by atoms with Gasteiger partial charge in [0.2, 0.25) is 0 Å². The van der Waals surface area contributed by atoms with E-state index in [4.69, 9.17) is 4.74 Å². The Bertz CT molecular complexity index is 754. The van der Waals surface area contributed by atoms with Crippen molar-refractivity contribution in [2.45, 2.75) is 76.4 Å². The first-order chi connectivity index (χ1) is 13.4. The third-order valence-corrected chi connectivity index (χ3v) is 7.46. The van der Waals surface area contributed by atoms with Crippen molar-refractivity contribution in [3.05, 3.63) is 35.5 Å². The van der Waals surface area contributed by atoms with Crippen LogP contribution >= 0.6 is 0 Å². The Morgan fingerprint density at radius 3 is 2.50 bits per heavy atom. The highest BCUT2D eigenvalue weighted by Gasteiger charge is 2.67. The second-order valence-electron chi connectivity index (χ2n) is 9.06. The van der Waals surface area contributed by atoms with E-state index in [-0.39, 0.29) is 23.5 Å². The maximum absolute atomic E-state index is 13.2. The Labute approximate surface area is 167 Å². The second kappa shape index (κ2) is 7.18. The molecule has 2 spiro atoms. The summed E-state index contributed by atoms with van der Waals surface area (Å²) in [5, 5.41) is 5.59. The number of amides is 3. The van der Waals surface area contributed by atoms with Gasteiger partial charge in [-0.3, -0.25) is 10.1 Å². The molecule has 1 saturated heterocycles. The number of hydrogen-bond acceptors (Lipinski definition) is 3. The number of imide groups is 1. The zero-order chi connectivity index (χ0) is 19.9. The minimum Gasteiger partial charge on any atom is -0.381 e. The number of hydrogen-bond donors (Lipinski definition) is 2. The largest absolute Gasteiger partial charge is 0.381 e. The fourth-order valence-electron chi connectivity index (χ4n) is 5.61. The predicted molar refractivity (Wildman–Crippen MR) is 109 cm³/mol. The second-order valence-corrected chi connectivity index (χ2v) is 9.06. The molecule has 5 nitrogen and oxygen atoms in total. The molecule has 4 aliphatic rings. The first-order valence-electron chi connectivity index (χ1n) is 10.7. The van der Waals surface area contributed by atoms with Crippen LogP contribution in [-0.4, -0.2) is 30.7 Å². The summed E-state index contributed by atoms with van der Waals surface area (Å²) in [6.45, 7) is 6.39. The maximum atomic E-state index is 13.2. The van der Waals surface area contributed by atoms with E-state index in [1.54, 1.807) is 7.11 Å². The van der Waals surface area contributed by atoms with Crippen LogP contribution in [0.25, 0.3) is 0 Å². The fourth-order valence-corrected chi connectivity index (χ4v) is 5.61. The Balaban J connectivity index is 1.71. The SMILES string of the molecule is C=C1CC2(CCC(OC)CC2)C2(NC(=O)NC2=O)/C1=C/C(=C\C)CCC1CC1. The number of rotatable bonds is 5. The predicted octanol–water partition coefficient (Wildman–Crippen LogP) is 4.16. The highest BCUT2D eigenvalue weighted by atomic mass is 16.5. The molecule has 4 rings (SSSR count). The normalized spacial score (nSPS) is 37.2. The molecule has 1 heterocycles. The molecule has 152 valence electrons. The molecule has 3 saturated carbocycles. The van der Waals surface area contributed by atoms with Crippen LogP contribution in [0.5, 0.6) is 0 Å². The number of fused-ring (bicyclic) bond motifs is 1. The number of urea groups is 1. The molecule has 2 N–H and O–H groups in total. The molecule has 1 unspecified atom stereocenters. The lowest BCUT2D eigenvalue weighted by Gasteiger charge is -2.45. The van der Waals surface area contributed by atoms with Gasteiger partial charge in [-0.1, -0.05) is 37.1 Å². The van der Waals surface area contributed by atoms with Gasteiger partial charge in [-0.05, 0) is 68.9 Å². The van der Waals surface area contributed by atoms with Crippen LogP contribution in [0.4, 0.5) is 4.79 Å². The average molecular weight is 385 g/mol. The number of carbonyl (C=O) groups excluding carboxylic acids is 2. The molecule has 3 amide bonds. The van der Waals surface area contributed by atoms with Crippen LogP contribution in [0.15, 0.2) is 35.5 Å². The molecule has 0 aromatic rings. The Morgan fingerprint density at radius 2 is 1.96 bits per heavy atom. The Kier molecular flexibility index (Phi) is 4.98. The number of nitrogens with one attached hydrogen (secondary N) is 2. The van der Waals surface area contributed by atoms with Crippen molar-refractivity contribution in [1.29, 1.82) is 0 Å². The van der Waals surface area contributed by atoms with E-state index in [1.165, 1.54) is 24.8 Å². The number of ether oxygens (including phenoxy) is 1. The highest BCUT2D eigenvalue weighted by molar-refractivity contribution is 6.11. The van der Waals surface area contributed by atoms with E-state index in [2.05, 4.69) is 36.3 Å². The van der Waals surface area contributed by atoms with Gasteiger partial charge < -0.3 is 10.1 Å². The molecule has 5 heteroatoms. The Hall–Kier alpha value is -1.88. The van der Waals surface area contributed by atoms with Gasteiger partial charge >= 0.3 is 6.03 Å². The van der Waals surface area contributed by atoms with E-state index in [0.717, 1.165) is 55.6 Å². The van der Waals surface area contributed by atoms with Gasteiger partial charge in [-0.15, -0.1) is 0 Å². The third kappa shape index (κ3) is 3.04.